The van der Waals surface area contributed by atoms with Crippen molar-refractivity contribution in [1.29, 1.82) is 0 Å². The van der Waals surface area contributed by atoms with Crippen LogP contribution in [-0.2, 0) is 6.42 Å². The molecule has 1 aliphatic rings. The smallest absolute Gasteiger partial charge is 0.274 e. The Labute approximate surface area is 169 Å². The summed E-state index contributed by atoms with van der Waals surface area (Å²) in [4.78, 5) is 15.8. The Morgan fingerprint density at radius 1 is 1.25 bits per heavy atom. The molecule has 0 bridgehead atoms. The zero-order valence-electron chi connectivity index (χ0n) is 16.1. The van der Waals surface area contributed by atoms with Gasteiger partial charge in [0.2, 0.25) is 0 Å². The monoisotopic (exact) mass is 395 g/mol. The van der Waals surface area contributed by atoms with Crippen molar-refractivity contribution in [3.63, 3.8) is 0 Å². The van der Waals surface area contributed by atoms with E-state index in [-0.39, 0.29) is 5.91 Å². The molecule has 0 atom stereocenters. The maximum Gasteiger partial charge on any atom is 0.274 e. The first-order valence-electron chi connectivity index (χ1n) is 9.74. The lowest BCUT2D eigenvalue weighted by Crippen LogP contribution is -2.38. The Balaban J connectivity index is 1.27. The van der Waals surface area contributed by atoms with Crippen LogP contribution in [0.4, 0.5) is 0 Å². The standard InChI is InChI=1S/C22H25N3O2S/c1-27-18-8-6-16(7-9-18)4-5-17-10-12-25(13-11-17)22(26)20-15-19(23-24-20)21-3-2-14-28-21/h2-3,6-9,14-15,17H,4-5,10-13H2,1H3,(H,23,24). The third kappa shape index (κ3) is 4.28. The summed E-state index contributed by atoms with van der Waals surface area (Å²) in [6.45, 7) is 1.63. The predicted molar refractivity (Wildman–Crippen MR) is 112 cm³/mol. The number of H-pyrrole nitrogens is 1. The van der Waals surface area contributed by atoms with Gasteiger partial charge in [-0.15, -0.1) is 11.3 Å². The summed E-state index contributed by atoms with van der Waals surface area (Å²) in [6, 6.07) is 14.2. The van der Waals surface area contributed by atoms with Crippen LogP contribution in [0.5, 0.6) is 5.75 Å². The number of nitrogens with one attached hydrogen (secondary N) is 1. The minimum absolute atomic E-state index is 0.0349. The van der Waals surface area contributed by atoms with E-state index in [1.807, 2.05) is 40.6 Å². The van der Waals surface area contributed by atoms with Gasteiger partial charge in [-0.1, -0.05) is 18.2 Å². The topological polar surface area (TPSA) is 58.2 Å². The molecule has 3 aromatic rings. The predicted octanol–water partition coefficient (Wildman–Crippen LogP) is 4.63. The number of aryl methyl sites for hydroxylation is 1. The number of piperidine rings is 1. The number of likely N-dealkylation sites (tertiary alicyclic amines) is 1. The van der Waals surface area contributed by atoms with Gasteiger partial charge in [0.25, 0.3) is 5.91 Å². The molecule has 0 spiro atoms. The number of amides is 1. The molecule has 1 fully saturated rings. The van der Waals surface area contributed by atoms with E-state index in [9.17, 15) is 4.79 Å². The number of aromatic nitrogens is 2. The van der Waals surface area contributed by atoms with Crippen molar-refractivity contribution in [3.05, 3.63) is 59.1 Å². The normalized spacial score (nSPS) is 15.0. The van der Waals surface area contributed by atoms with Gasteiger partial charge in [0.15, 0.2) is 5.69 Å². The molecule has 3 heterocycles. The highest BCUT2D eigenvalue weighted by Crippen LogP contribution is 2.26. The molecule has 0 unspecified atom stereocenters. The average molecular weight is 396 g/mol. The van der Waals surface area contributed by atoms with Crippen molar-refractivity contribution in [2.75, 3.05) is 20.2 Å². The number of rotatable bonds is 6. The van der Waals surface area contributed by atoms with Crippen LogP contribution in [0.2, 0.25) is 0 Å². The van der Waals surface area contributed by atoms with Crippen molar-refractivity contribution in [2.45, 2.75) is 25.7 Å². The Hall–Kier alpha value is -2.60. The number of thiophene rings is 1. The third-order valence-electron chi connectivity index (χ3n) is 5.49. The van der Waals surface area contributed by atoms with Crippen LogP contribution in [-0.4, -0.2) is 41.2 Å². The van der Waals surface area contributed by atoms with Gasteiger partial charge in [-0.3, -0.25) is 9.89 Å². The number of ether oxygens (including phenoxy) is 1. The quantitative estimate of drug-likeness (QED) is 0.662. The van der Waals surface area contributed by atoms with E-state index in [1.54, 1.807) is 18.4 Å². The van der Waals surface area contributed by atoms with Crippen molar-refractivity contribution in [2.24, 2.45) is 5.92 Å². The maximum absolute atomic E-state index is 12.8. The molecule has 1 aliphatic heterocycles. The zero-order valence-corrected chi connectivity index (χ0v) is 16.9. The Bertz CT molecular complexity index is 894. The fraction of sp³-hybridized carbons (Fsp3) is 0.364. The van der Waals surface area contributed by atoms with Crippen molar-refractivity contribution >= 4 is 17.2 Å². The van der Waals surface area contributed by atoms with Gasteiger partial charge in [-0.05, 0) is 66.8 Å². The molecule has 4 rings (SSSR count). The molecule has 1 aromatic carbocycles. The van der Waals surface area contributed by atoms with Crippen LogP contribution >= 0.6 is 11.3 Å². The van der Waals surface area contributed by atoms with Crippen LogP contribution in [0.1, 0.15) is 35.3 Å². The molecule has 0 radical (unpaired) electrons. The Morgan fingerprint density at radius 3 is 2.71 bits per heavy atom. The number of nitrogens with zero attached hydrogens (tertiary/aromatic N) is 2. The summed E-state index contributed by atoms with van der Waals surface area (Å²) in [6.07, 6.45) is 4.36. The van der Waals surface area contributed by atoms with E-state index >= 15 is 0 Å². The Morgan fingerprint density at radius 2 is 2.04 bits per heavy atom. The van der Waals surface area contributed by atoms with E-state index in [4.69, 9.17) is 4.74 Å². The molecule has 1 amide bonds. The fourth-order valence-corrected chi connectivity index (χ4v) is 4.43. The number of carbonyl (C=O) groups excluding carboxylic acids is 1. The lowest BCUT2D eigenvalue weighted by Gasteiger charge is -2.31. The van der Waals surface area contributed by atoms with E-state index in [1.165, 1.54) is 12.0 Å². The molecular formula is C22H25N3O2S. The summed E-state index contributed by atoms with van der Waals surface area (Å²) >= 11 is 1.64. The summed E-state index contributed by atoms with van der Waals surface area (Å²) in [5.74, 6) is 1.61. The van der Waals surface area contributed by atoms with Gasteiger partial charge in [-0.2, -0.15) is 5.10 Å². The molecule has 1 saturated heterocycles. The highest BCUT2D eigenvalue weighted by atomic mass is 32.1. The van der Waals surface area contributed by atoms with E-state index < -0.39 is 0 Å². The largest absolute Gasteiger partial charge is 0.497 e. The average Bonchev–Trinajstić information content (AvgIpc) is 3.44. The highest BCUT2D eigenvalue weighted by molar-refractivity contribution is 7.13. The first-order valence-corrected chi connectivity index (χ1v) is 10.6. The number of benzene rings is 1. The molecule has 0 aliphatic carbocycles. The first kappa shape index (κ1) is 18.7. The molecule has 6 heteroatoms. The van der Waals surface area contributed by atoms with Gasteiger partial charge in [0, 0.05) is 13.1 Å². The van der Waals surface area contributed by atoms with Crippen molar-refractivity contribution in [1.82, 2.24) is 15.1 Å². The number of methoxy groups -OCH3 is 1. The van der Waals surface area contributed by atoms with Crippen LogP contribution in [0.15, 0.2) is 47.8 Å². The van der Waals surface area contributed by atoms with Crippen LogP contribution in [0.25, 0.3) is 10.6 Å². The molecule has 5 nitrogen and oxygen atoms in total. The maximum atomic E-state index is 12.8. The molecule has 146 valence electrons. The molecule has 1 N–H and O–H groups in total. The zero-order chi connectivity index (χ0) is 19.3. The van der Waals surface area contributed by atoms with Crippen LogP contribution in [0.3, 0.4) is 0 Å². The van der Waals surface area contributed by atoms with Gasteiger partial charge >= 0.3 is 0 Å². The lowest BCUT2D eigenvalue weighted by atomic mass is 9.90. The minimum Gasteiger partial charge on any atom is -0.497 e. The van der Waals surface area contributed by atoms with Crippen LogP contribution < -0.4 is 4.74 Å². The van der Waals surface area contributed by atoms with E-state index in [0.717, 1.165) is 48.7 Å². The summed E-state index contributed by atoms with van der Waals surface area (Å²) < 4.78 is 5.21. The number of hydrogen-bond donors (Lipinski definition) is 1. The van der Waals surface area contributed by atoms with E-state index in [0.29, 0.717) is 11.6 Å². The SMILES string of the molecule is COc1ccc(CCC2CCN(C(=O)c3cc(-c4cccs4)[nH]n3)CC2)cc1. The van der Waals surface area contributed by atoms with Gasteiger partial charge in [0.05, 0.1) is 17.7 Å². The summed E-state index contributed by atoms with van der Waals surface area (Å²) in [7, 11) is 1.69. The molecule has 0 saturated carbocycles. The van der Waals surface area contributed by atoms with Crippen molar-refractivity contribution < 1.29 is 9.53 Å². The van der Waals surface area contributed by atoms with Crippen LogP contribution in [0, 0.1) is 5.92 Å². The second-order valence-electron chi connectivity index (χ2n) is 7.27. The minimum atomic E-state index is 0.0349. The summed E-state index contributed by atoms with van der Waals surface area (Å²) in [5, 5.41) is 9.25. The van der Waals surface area contributed by atoms with Crippen molar-refractivity contribution in [3.8, 4) is 16.3 Å². The van der Waals surface area contributed by atoms with Gasteiger partial charge in [0.1, 0.15) is 5.75 Å². The number of hydrogen-bond acceptors (Lipinski definition) is 4. The third-order valence-corrected chi connectivity index (χ3v) is 6.39. The first-order chi connectivity index (χ1) is 13.7. The molecule has 28 heavy (non-hydrogen) atoms. The Kier molecular flexibility index (Phi) is 5.76. The molecule has 2 aromatic heterocycles. The van der Waals surface area contributed by atoms with Gasteiger partial charge < -0.3 is 9.64 Å². The molecular weight excluding hydrogens is 370 g/mol. The van der Waals surface area contributed by atoms with Gasteiger partial charge in [-0.25, -0.2) is 0 Å². The highest BCUT2D eigenvalue weighted by Gasteiger charge is 2.25. The summed E-state index contributed by atoms with van der Waals surface area (Å²) in [5.41, 5.74) is 2.77. The lowest BCUT2D eigenvalue weighted by molar-refractivity contribution is 0.0681. The fourth-order valence-electron chi connectivity index (χ4n) is 3.74. The van der Waals surface area contributed by atoms with E-state index in [2.05, 4.69) is 22.3 Å². The second-order valence-corrected chi connectivity index (χ2v) is 8.21. The second kappa shape index (κ2) is 8.61. The number of aromatic amines is 1. The number of carbonyl (C=O) groups is 1.